The van der Waals surface area contributed by atoms with Crippen LogP contribution in [0.4, 0.5) is 0 Å². The van der Waals surface area contributed by atoms with Crippen LogP contribution >= 0.6 is 0 Å². The van der Waals surface area contributed by atoms with Crippen LogP contribution in [0.1, 0.15) is 25.0 Å². The van der Waals surface area contributed by atoms with E-state index in [4.69, 9.17) is 9.47 Å². The minimum absolute atomic E-state index is 0.577. The molecule has 0 heterocycles. The molecule has 2 aromatic rings. The standard InChI is InChI=1S/C16H18O2/c1-3-17-16(18-4-2)11-13-9-5-7-12-8-6-10-14(16)15(12)13/h5-10H,3-4,11H2,1-2H3. The topological polar surface area (TPSA) is 18.5 Å². The summed E-state index contributed by atoms with van der Waals surface area (Å²) in [5.74, 6) is -0.577. The van der Waals surface area contributed by atoms with Gasteiger partial charge in [0, 0.05) is 25.2 Å². The molecule has 0 saturated heterocycles. The summed E-state index contributed by atoms with van der Waals surface area (Å²) in [6.07, 6.45) is 0.811. The van der Waals surface area contributed by atoms with Crippen LogP contribution in [0.15, 0.2) is 36.4 Å². The molecule has 0 amide bonds. The summed E-state index contributed by atoms with van der Waals surface area (Å²) in [5, 5.41) is 2.58. The summed E-state index contributed by atoms with van der Waals surface area (Å²) >= 11 is 0. The molecule has 0 N–H and O–H groups in total. The minimum atomic E-state index is -0.577. The van der Waals surface area contributed by atoms with Gasteiger partial charge in [-0.15, -0.1) is 0 Å². The van der Waals surface area contributed by atoms with Crippen molar-refractivity contribution in [3.8, 4) is 0 Å². The molecular weight excluding hydrogens is 224 g/mol. The summed E-state index contributed by atoms with van der Waals surface area (Å²) < 4.78 is 12.0. The zero-order valence-corrected chi connectivity index (χ0v) is 10.9. The quantitative estimate of drug-likeness (QED) is 0.762. The van der Waals surface area contributed by atoms with Gasteiger partial charge in [-0.05, 0) is 30.2 Å². The molecule has 94 valence electrons. The van der Waals surface area contributed by atoms with Crippen LogP contribution in [-0.4, -0.2) is 13.2 Å². The smallest absolute Gasteiger partial charge is 0.199 e. The van der Waals surface area contributed by atoms with Crippen LogP contribution in [0, 0.1) is 0 Å². The highest BCUT2D eigenvalue weighted by atomic mass is 16.7. The third-order valence-electron chi connectivity index (χ3n) is 3.58. The number of ether oxygens (including phenoxy) is 2. The van der Waals surface area contributed by atoms with Gasteiger partial charge in [-0.3, -0.25) is 0 Å². The highest BCUT2D eigenvalue weighted by Crippen LogP contribution is 2.44. The SMILES string of the molecule is CCOC1(OCC)Cc2cccc3cccc1c23. The van der Waals surface area contributed by atoms with E-state index in [-0.39, 0.29) is 0 Å². The van der Waals surface area contributed by atoms with Crippen molar-refractivity contribution in [2.24, 2.45) is 0 Å². The van der Waals surface area contributed by atoms with Crippen molar-refractivity contribution in [2.45, 2.75) is 26.1 Å². The van der Waals surface area contributed by atoms with Gasteiger partial charge >= 0.3 is 0 Å². The minimum Gasteiger partial charge on any atom is -0.346 e. The van der Waals surface area contributed by atoms with E-state index in [9.17, 15) is 0 Å². The third-order valence-corrected chi connectivity index (χ3v) is 3.58. The Kier molecular flexibility index (Phi) is 2.84. The molecule has 2 heteroatoms. The fourth-order valence-corrected chi connectivity index (χ4v) is 2.99. The first-order valence-electron chi connectivity index (χ1n) is 6.59. The number of hydrogen-bond acceptors (Lipinski definition) is 2. The molecule has 0 unspecified atom stereocenters. The maximum Gasteiger partial charge on any atom is 0.199 e. The van der Waals surface area contributed by atoms with Crippen molar-refractivity contribution in [1.82, 2.24) is 0 Å². The highest BCUT2D eigenvalue weighted by molar-refractivity contribution is 5.91. The second-order valence-electron chi connectivity index (χ2n) is 4.62. The zero-order chi connectivity index (χ0) is 12.6. The van der Waals surface area contributed by atoms with E-state index < -0.39 is 5.79 Å². The molecular formula is C16H18O2. The second-order valence-corrected chi connectivity index (χ2v) is 4.62. The average Bonchev–Trinajstić information content (AvgIpc) is 2.68. The molecule has 0 radical (unpaired) electrons. The van der Waals surface area contributed by atoms with Crippen LogP contribution in [0.2, 0.25) is 0 Å². The lowest BCUT2D eigenvalue weighted by Crippen LogP contribution is -2.32. The van der Waals surface area contributed by atoms with Gasteiger partial charge in [-0.25, -0.2) is 0 Å². The van der Waals surface area contributed by atoms with Gasteiger partial charge in [0.1, 0.15) is 0 Å². The van der Waals surface area contributed by atoms with E-state index in [2.05, 4.69) is 36.4 Å². The predicted octanol–water partition coefficient (Wildman–Crippen LogP) is 3.62. The van der Waals surface area contributed by atoms with E-state index >= 15 is 0 Å². The second kappa shape index (κ2) is 4.38. The summed E-state index contributed by atoms with van der Waals surface area (Å²) in [6.45, 7) is 5.35. The Bertz CT molecular complexity index is 563. The lowest BCUT2D eigenvalue weighted by atomic mass is 10.0. The van der Waals surface area contributed by atoms with E-state index in [0.29, 0.717) is 13.2 Å². The summed E-state index contributed by atoms with van der Waals surface area (Å²) in [5.41, 5.74) is 2.50. The molecule has 3 rings (SSSR count). The van der Waals surface area contributed by atoms with Crippen molar-refractivity contribution < 1.29 is 9.47 Å². The first-order chi connectivity index (χ1) is 8.80. The van der Waals surface area contributed by atoms with Crippen molar-refractivity contribution in [3.05, 3.63) is 47.5 Å². The van der Waals surface area contributed by atoms with Gasteiger partial charge in [-0.2, -0.15) is 0 Å². The number of hydrogen-bond donors (Lipinski definition) is 0. The fourth-order valence-electron chi connectivity index (χ4n) is 2.99. The first-order valence-corrected chi connectivity index (χ1v) is 6.59. The molecule has 0 atom stereocenters. The molecule has 0 fully saturated rings. The molecule has 0 aromatic heterocycles. The predicted molar refractivity (Wildman–Crippen MR) is 72.6 cm³/mol. The third kappa shape index (κ3) is 1.57. The maximum absolute atomic E-state index is 5.98. The fraction of sp³-hybridized carbons (Fsp3) is 0.375. The van der Waals surface area contributed by atoms with E-state index in [1.807, 2.05) is 13.8 Å². The van der Waals surface area contributed by atoms with Crippen molar-refractivity contribution >= 4 is 10.8 Å². The molecule has 0 spiro atoms. The monoisotopic (exact) mass is 242 g/mol. The Morgan fingerprint density at radius 1 is 1.00 bits per heavy atom. The van der Waals surface area contributed by atoms with Crippen molar-refractivity contribution in [1.29, 1.82) is 0 Å². The Balaban J connectivity index is 2.22. The lowest BCUT2D eigenvalue weighted by molar-refractivity contribution is -0.238. The van der Waals surface area contributed by atoms with Gasteiger partial charge < -0.3 is 9.47 Å². The van der Waals surface area contributed by atoms with E-state index in [0.717, 1.165) is 6.42 Å². The normalized spacial score (nSPS) is 16.3. The Hall–Kier alpha value is -1.38. The Morgan fingerprint density at radius 3 is 2.33 bits per heavy atom. The van der Waals surface area contributed by atoms with E-state index in [1.165, 1.54) is 21.9 Å². The van der Waals surface area contributed by atoms with Crippen molar-refractivity contribution in [3.63, 3.8) is 0 Å². The van der Waals surface area contributed by atoms with Crippen LogP contribution in [0.25, 0.3) is 10.8 Å². The summed E-state index contributed by atoms with van der Waals surface area (Å²) in [6, 6.07) is 12.8. The molecule has 0 saturated carbocycles. The number of rotatable bonds is 4. The molecule has 18 heavy (non-hydrogen) atoms. The first kappa shape index (κ1) is 11.7. The van der Waals surface area contributed by atoms with Gasteiger partial charge in [0.25, 0.3) is 0 Å². The summed E-state index contributed by atoms with van der Waals surface area (Å²) in [4.78, 5) is 0. The maximum atomic E-state index is 5.98. The van der Waals surface area contributed by atoms with Gasteiger partial charge in [-0.1, -0.05) is 36.4 Å². The molecule has 2 nitrogen and oxygen atoms in total. The molecule has 0 aliphatic heterocycles. The Morgan fingerprint density at radius 2 is 1.67 bits per heavy atom. The average molecular weight is 242 g/mol. The van der Waals surface area contributed by atoms with Gasteiger partial charge in [0.15, 0.2) is 5.79 Å². The van der Waals surface area contributed by atoms with Crippen LogP contribution in [0.5, 0.6) is 0 Å². The van der Waals surface area contributed by atoms with Gasteiger partial charge in [0.2, 0.25) is 0 Å². The van der Waals surface area contributed by atoms with Crippen LogP contribution < -0.4 is 0 Å². The molecule has 1 aliphatic rings. The molecule has 0 bridgehead atoms. The van der Waals surface area contributed by atoms with E-state index in [1.54, 1.807) is 0 Å². The van der Waals surface area contributed by atoms with Crippen LogP contribution in [-0.2, 0) is 21.7 Å². The molecule has 2 aromatic carbocycles. The van der Waals surface area contributed by atoms with Gasteiger partial charge in [0.05, 0.1) is 0 Å². The number of benzene rings is 2. The lowest BCUT2D eigenvalue weighted by Gasteiger charge is -2.30. The van der Waals surface area contributed by atoms with Crippen molar-refractivity contribution in [2.75, 3.05) is 13.2 Å². The molecule has 1 aliphatic carbocycles. The Labute approximate surface area is 108 Å². The largest absolute Gasteiger partial charge is 0.346 e. The zero-order valence-electron chi connectivity index (χ0n) is 10.9. The van der Waals surface area contributed by atoms with Crippen LogP contribution in [0.3, 0.4) is 0 Å². The summed E-state index contributed by atoms with van der Waals surface area (Å²) in [7, 11) is 0. The highest BCUT2D eigenvalue weighted by Gasteiger charge is 2.41.